The number of primary amides is 1. The highest BCUT2D eigenvalue weighted by Crippen LogP contribution is 2.10. The fraction of sp³-hybridized carbons (Fsp3) is 0. The van der Waals surface area contributed by atoms with Crippen molar-refractivity contribution in [2.45, 2.75) is 0 Å². The lowest BCUT2D eigenvalue weighted by Crippen LogP contribution is -2.06. The second-order valence-electron chi connectivity index (χ2n) is 1.96. The van der Waals surface area contributed by atoms with Gasteiger partial charge < -0.3 is 5.73 Å². The monoisotopic (exact) mass is 224 g/mol. The maximum Gasteiger partial charge on any atom is 0.293 e. The molecule has 1 aromatic rings. The molecular weight excluding hydrogens is 220 g/mol. The number of carbonyl (C=O) groups excluding carboxylic acids is 1. The number of rotatable bonds is 0. The zero-order valence-corrected chi connectivity index (χ0v) is 7.63. The molecule has 12 heavy (non-hydrogen) atoms. The molecule has 1 amide bonds. The van der Waals surface area contributed by atoms with Gasteiger partial charge in [-0.2, -0.15) is 0 Å². The fourth-order valence-electron chi connectivity index (χ4n) is 0.608. The molecule has 0 aliphatic rings. The quantitative estimate of drug-likeness (QED) is 0.521. The summed E-state index contributed by atoms with van der Waals surface area (Å²) in [6.07, 6.45) is 1.62. The van der Waals surface area contributed by atoms with Gasteiger partial charge in [0.15, 0.2) is 0 Å². The van der Waals surface area contributed by atoms with Crippen molar-refractivity contribution in [2.75, 3.05) is 0 Å². The summed E-state index contributed by atoms with van der Waals surface area (Å²) in [5.41, 5.74) is 5.49. The summed E-state index contributed by atoms with van der Waals surface area (Å²) in [7, 11) is 0. The average molecular weight is 225 g/mol. The first kappa shape index (κ1) is 8.75. The standard InChI is InChI=1S/C8H5BrN2O/c9-8-6(2-1-5-11-8)3-4-7(10)12/h1-2,5H,(H2,10,12). The van der Waals surface area contributed by atoms with Crippen LogP contribution in [0.1, 0.15) is 5.56 Å². The number of pyridine rings is 1. The van der Waals surface area contributed by atoms with Gasteiger partial charge in [-0.3, -0.25) is 4.79 Å². The van der Waals surface area contributed by atoms with E-state index in [1.54, 1.807) is 18.3 Å². The minimum absolute atomic E-state index is 0.610. The third-order valence-corrected chi connectivity index (χ3v) is 1.71. The Bertz CT molecular complexity index is 365. The second kappa shape index (κ2) is 3.88. The Kier molecular flexibility index (Phi) is 2.83. The molecule has 4 heteroatoms. The van der Waals surface area contributed by atoms with Crippen molar-refractivity contribution in [3.05, 3.63) is 28.5 Å². The van der Waals surface area contributed by atoms with E-state index in [0.29, 0.717) is 10.2 Å². The summed E-state index contributed by atoms with van der Waals surface area (Å²) < 4.78 is 0.610. The van der Waals surface area contributed by atoms with Crippen LogP contribution in [0, 0.1) is 11.8 Å². The molecule has 0 bridgehead atoms. The topological polar surface area (TPSA) is 56.0 Å². The smallest absolute Gasteiger partial charge is 0.293 e. The van der Waals surface area contributed by atoms with Crippen molar-refractivity contribution in [1.82, 2.24) is 4.98 Å². The highest BCUT2D eigenvalue weighted by atomic mass is 79.9. The van der Waals surface area contributed by atoms with E-state index in [1.165, 1.54) is 0 Å². The first-order valence-electron chi connectivity index (χ1n) is 3.12. The van der Waals surface area contributed by atoms with Crippen LogP contribution in [0.5, 0.6) is 0 Å². The molecule has 0 saturated carbocycles. The molecule has 0 spiro atoms. The Hall–Kier alpha value is -1.34. The minimum atomic E-state index is -0.647. The van der Waals surface area contributed by atoms with Crippen molar-refractivity contribution in [3.63, 3.8) is 0 Å². The fourth-order valence-corrected chi connectivity index (χ4v) is 0.958. The number of hydrogen-bond donors (Lipinski definition) is 1. The van der Waals surface area contributed by atoms with Crippen LogP contribution < -0.4 is 5.73 Å². The molecule has 60 valence electrons. The molecule has 1 rings (SSSR count). The number of amides is 1. The Morgan fingerprint density at radius 3 is 3.00 bits per heavy atom. The molecule has 0 saturated heterocycles. The number of aromatic nitrogens is 1. The van der Waals surface area contributed by atoms with Crippen LogP contribution in [0.3, 0.4) is 0 Å². The number of hydrogen-bond acceptors (Lipinski definition) is 2. The van der Waals surface area contributed by atoms with E-state index in [4.69, 9.17) is 5.73 Å². The molecular formula is C8H5BrN2O. The molecule has 0 unspecified atom stereocenters. The van der Waals surface area contributed by atoms with Crippen LogP contribution in [0.2, 0.25) is 0 Å². The normalized spacial score (nSPS) is 8.42. The van der Waals surface area contributed by atoms with Crippen LogP contribution >= 0.6 is 15.9 Å². The number of carbonyl (C=O) groups is 1. The predicted molar refractivity (Wildman–Crippen MR) is 48.0 cm³/mol. The Morgan fingerprint density at radius 1 is 1.67 bits per heavy atom. The third kappa shape index (κ3) is 2.36. The molecule has 0 aromatic carbocycles. The summed E-state index contributed by atoms with van der Waals surface area (Å²) in [4.78, 5) is 14.2. The first-order valence-corrected chi connectivity index (χ1v) is 3.91. The lowest BCUT2D eigenvalue weighted by atomic mass is 10.3. The maximum absolute atomic E-state index is 10.3. The van der Waals surface area contributed by atoms with E-state index in [9.17, 15) is 4.79 Å². The number of halogens is 1. The molecule has 0 atom stereocenters. The summed E-state index contributed by atoms with van der Waals surface area (Å²) in [6, 6.07) is 3.47. The van der Waals surface area contributed by atoms with Crippen LogP contribution in [0.25, 0.3) is 0 Å². The van der Waals surface area contributed by atoms with Crippen molar-refractivity contribution in [1.29, 1.82) is 0 Å². The van der Waals surface area contributed by atoms with E-state index in [0.717, 1.165) is 0 Å². The summed E-state index contributed by atoms with van der Waals surface area (Å²) in [5, 5.41) is 0. The van der Waals surface area contributed by atoms with Gasteiger partial charge >= 0.3 is 0 Å². The van der Waals surface area contributed by atoms with Gasteiger partial charge in [-0.25, -0.2) is 4.98 Å². The average Bonchev–Trinajstić information content (AvgIpc) is 2.03. The van der Waals surface area contributed by atoms with E-state index in [1.807, 2.05) is 0 Å². The van der Waals surface area contributed by atoms with E-state index < -0.39 is 5.91 Å². The van der Waals surface area contributed by atoms with Crippen LogP contribution in [0.4, 0.5) is 0 Å². The lowest BCUT2D eigenvalue weighted by Gasteiger charge is -1.90. The van der Waals surface area contributed by atoms with Gasteiger partial charge in [0.25, 0.3) is 5.91 Å². The minimum Gasteiger partial charge on any atom is -0.359 e. The van der Waals surface area contributed by atoms with Crippen molar-refractivity contribution in [2.24, 2.45) is 5.73 Å². The van der Waals surface area contributed by atoms with Gasteiger partial charge in [0.1, 0.15) is 4.60 Å². The van der Waals surface area contributed by atoms with E-state index in [2.05, 4.69) is 32.8 Å². The predicted octanol–water partition coefficient (Wildman–Crippen LogP) is 0.681. The van der Waals surface area contributed by atoms with Gasteiger partial charge in [-0.15, -0.1) is 0 Å². The highest BCUT2D eigenvalue weighted by molar-refractivity contribution is 9.10. The van der Waals surface area contributed by atoms with Crippen molar-refractivity contribution in [3.8, 4) is 11.8 Å². The largest absolute Gasteiger partial charge is 0.359 e. The first-order chi connectivity index (χ1) is 5.70. The van der Waals surface area contributed by atoms with Gasteiger partial charge in [0, 0.05) is 12.1 Å². The second-order valence-corrected chi connectivity index (χ2v) is 2.71. The van der Waals surface area contributed by atoms with Gasteiger partial charge in [-0.1, -0.05) is 5.92 Å². The van der Waals surface area contributed by atoms with E-state index >= 15 is 0 Å². The highest BCUT2D eigenvalue weighted by Gasteiger charge is 1.93. The van der Waals surface area contributed by atoms with Gasteiger partial charge in [0.2, 0.25) is 0 Å². The lowest BCUT2D eigenvalue weighted by molar-refractivity contribution is -0.112. The van der Waals surface area contributed by atoms with Crippen molar-refractivity contribution < 1.29 is 4.79 Å². The Labute approximate surface area is 78.1 Å². The summed E-state index contributed by atoms with van der Waals surface area (Å²) in [5.74, 6) is 4.15. The zero-order valence-electron chi connectivity index (χ0n) is 6.04. The molecule has 3 nitrogen and oxygen atoms in total. The summed E-state index contributed by atoms with van der Waals surface area (Å²) >= 11 is 3.18. The van der Waals surface area contributed by atoms with Gasteiger partial charge in [0.05, 0.1) is 5.56 Å². The molecule has 0 aliphatic heterocycles. The van der Waals surface area contributed by atoms with Crippen LogP contribution in [0.15, 0.2) is 22.9 Å². The molecule has 1 heterocycles. The zero-order chi connectivity index (χ0) is 8.97. The molecule has 0 fully saturated rings. The number of nitrogens with two attached hydrogens (primary N) is 1. The van der Waals surface area contributed by atoms with Crippen molar-refractivity contribution >= 4 is 21.8 Å². The Balaban J connectivity index is 2.99. The third-order valence-electron chi connectivity index (χ3n) is 1.08. The molecule has 2 N–H and O–H groups in total. The maximum atomic E-state index is 10.3. The van der Waals surface area contributed by atoms with Crippen LogP contribution in [-0.2, 0) is 4.79 Å². The SMILES string of the molecule is NC(=O)C#Cc1cccnc1Br. The van der Waals surface area contributed by atoms with Gasteiger partial charge in [-0.05, 0) is 28.1 Å². The molecule has 1 aromatic heterocycles. The Morgan fingerprint density at radius 2 is 2.42 bits per heavy atom. The molecule has 0 radical (unpaired) electrons. The summed E-state index contributed by atoms with van der Waals surface area (Å²) in [6.45, 7) is 0. The number of nitrogens with zero attached hydrogens (tertiary/aromatic N) is 1. The van der Waals surface area contributed by atoms with E-state index in [-0.39, 0.29) is 0 Å². The van der Waals surface area contributed by atoms with Crippen LogP contribution in [-0.4, -0.2) is 10.9 Å². The molecule has 0 aliphatic carbocycles.